The van der Waals surface area contributed by atoms with Gasteiger partial charge in [0.2, 0.25) is 0 Å². The molecule has 0 aliphatic carbocycles. The van der Waals surface area contributed by atoms with Crippen molar-refractivity contribution in [3.63, 3.8) is 0 Å². The number of nitrogens with one attached hydrogen (secondary N) is 1. The molecule has 2 rings (SSSR count). The number of ether oxygens (including phenoxy) is 1. The first-order chi connectivity index (χ1) is 8.74. The molecule has 5 heteroatoms. The highest BCUT2D eigenvalue weighted by Gasteiger charge is 2.08. The number of rotatable bonds is 4. The van der Waals surface area contributed by atoms with Crippen LogP contribution in [0.1, 0.15) is 17.0 Å². The molecule has 4 nitrogen and oxygen atoms in total. The van der Waals surface area contributed by atoms with Crippen molar-refractivity contribution in [2.75, 3.05) is 7.11 Å². The maximum absolute atomic E-state index is 8.87. The van der Waals surface area contributed by atoms with Crippen molar-refractivity contribution in [3.8, 4) is 11.8 Å². The lowest BCUT2D eigenvalue weighted by molar-refractivity contribution is 0.409. The average molecular weight is 262 g/mol. The second-order valence-corrected chi connectivity index (χ2v) is 4.23. The van der Waals surface area contributed by atoms with Gasteiger partial charge in [-0.1, -0.05) is 11.6 Å². The van der Waals surface area contributed by atoms with E-state index in [-0.39, 0.29) is 0 Å². The van der Waals surface area contributed by atoms with E-state index in [0.717, 1.165) is 23.4 Å². The minimum absolute atomic E-state index is 0.441. The monoisotopic (exact) mass is 261 g/mol. The lowest BCUT2D eigenvalue weighted by Crippen LogP contribution is -1.97. The van der Waals surface area contributed by atoms with Crippen LogP contribution < -0.4 is 4.74 Å². The molecule has 0 amide bonds. The van der Waals surface area contributed by atoms with Gasteiger partial charge in [-0.3, -0.25) is 0 Å². The number of imidazole rings is 1. The van der Waals surface area contributed by atoms with Crippen molar-refractivity contribution in [1.29, 1.82) is 5.26 Å². The molecule has 0 saturated heterocycles. The van der Waals surface area contributed by atoms with Crippen LogP contribution in [0.4, 0.5) is 0 Å². The first-order valence-corrected chi connectivity index (χ1v) is 5.87. The molecule has 0 radical (unpaired) electrons. The van der Waals surface area contributed by atoms with Crippen LogP contribution >= 0.6 is 11.6 Å². The molecule has 92 valence electrons. The number of nitrogens with zero attached hydrogens (tertiary/aromatic N) is 2. The molecule has 1 aromatic carbocycles. The molecule has 0 saturated carbocycles. The van der Waals surface area contributed by atoms with Gasteiger partial charge in [-0.25, -0.2) is 4.98 Å². The van der Waals surface area contributed by atoms with E-state index in [1.807, 2.05) is 12.1 Å². The van der Waals surface area contributed by atoms with Crippen LogP contribution in [0.25, 0.3) is 0 Å². The number of hydrogen-bond donors (Lipinski definition) is 1. The van der Waals surface area contributed by atoms with Gasteiger partial charge in [-0.05, 0) is 36.6 Å². The zero-order valence-corrected chi connectivity index (χ0v) is 10.7. The second kappa shape index (κ2) is 5.56. The molecule has 1 aromatic heterocycles. The normalized spacial score (nSPS) is 10.1. The average Bonchev–Trinajstić information content (AvgIpc) is 2.84. The summed E-state index contributed by atoms with van der Waals surface area (Å²) in [6, 6.07) is 7.57. The van der Waals surface area contributed by atoms with Gasteiger partial charge in [0.05, 0.1) is 19.1 Å². The van der Waals surface area contributed by atoms with Crippen LogP contribution in [0.3, 0.4) is 0 Å². The van der Waals surface area contributed by atoms with E-state index in [0.29, 0.717) is 17.1 Å². The highest BCUT2D eigenvalue weighted by molar-refractivity contribution is 6.30. The van der Waals surface area contributed by atoms with E-state index < -0.39 is 0 Å². The molecule has 0 fully saturated rings. The van der Waals surface area contributed by atoms with Gasteiger partial charge in [-0.2, -0.15) is 5.26 Å². The Morgan fingerprint density at radius 1 is 1.44 bits per heavy atom. The van der Waals surface area contributed by atoms with Crippen molar-refractivity contribution < 1.29 is 4.74 Å². The first-order valence-electron chi connectivity index (χ1n) is 5.49. The predicted octanol–water partition coefficient (Wildman–Crippen LogP) is 2.73. The van der Waals surface area contributed by atoms with Crippen LogP contribution in [-0.2, 0) is 12.8 Å². The minimum Gasteiger partial charge on any atom is -0.496 e. The number of H-pyrrole nitrogens is 1. The Labute approximate surface area is 110 Å². The van der Waals surface area contributed by atoms with Crippen molar-refractivity contribution >= 4 is 11.6 Å². The van der Waals surface area contributed by atoms with Crippen LogP contribution in [0.5, 0.6) is 5.75 Å². The summed E-state index contributed by atoms with van der Waals surface area (Å²) in [5.74, 6) is 0.803. The number of halogens is 1. The molecule has 0 aliphatic heterocycles. The van der Waals surface area contributed by atoms with E-state index in [9.17, 15) is 0 Å². The molecule has 2 aromatic rings. The third-order valence-corrected chi connectivity index (χ3v) is 2.95. The number of methoxy groups -OCH3 is 1. The third-order valence-electron chi connectivity index (χ3n) is 2.71. The molecule has 0 spiro atoms. The van der Waals surface area contributed by atoms with E-state index >= 15 is 0 Å². The Balaban J connectivity index is 2.15. The summed E-state index contributed by atoms with van der Waals surface area (Å²) in [5, 5.41) is 9.55. The molecular formula is C13H12ClN3O. The molecule has 1 heterocycles. The summed E-state index contributed by atoms with van der Waals surface area (Å²) in [6.45, 7) is 0. The minimum atomic E-state index is 0.441. The number of aromatic nitrogens is 2. The van der Waals surface area contributed by atoms with E-state index in [2.05, 4.69) is 16.0 Å². The maximum atomic E-state index is 8.87. The largest absolute Gasteiger partial charge is 0.496 e. The van der Waals surface area contributed by atoms with Crippen molar-refractivity contribution in [2.45, 2.75) is 12.8 Å². The van der Waals surface area contributed by atoms with E-state index in [4.69, 9.17) is 21.6 Å². The fourth-order valence-electron chi connectivity index (χ4n) is 1.81. The number of aromatic amines is 1. The zero-order valence-electron chi connectivity index (χ0n) is 9.90. The Morgan fingerprint density at radius 2 is 2.28 bits per heavy atom. The second-order valence-electron chi connectivity index (χ2n) is 3.80. The van der Waals surface area contributed by atoms with Gasteiger partial charge in [-0.15, -0.1) is 0 Å². The van der Waals surface area contributed by atoms with E-state index in [1.165, 1.54) is 6.33 Å². The molecule has 0 atom stereocenters. The highest BCUT2D eigenvalue weighted by atomic mass is 35.5. The summed E-state index contributed by atoms with van der Waals surface area (Å²) in [7, 11) is 1.63. The smallest absolute Gasteiger partial charge is 0.161 e. The van der Waals surface area contributed by atoms with Gasteiger partial charge < -0.3 is 9.72 Å². The highest BCUT2D eigenvalue weighted by Crippen LogP contribution is 2.24. The number of aryl methyl sites for hydroxylation is 2. The van der Waals surface area contributed by atoms with E-state index in [1.54, 1.807) is 13.2 Å². The first kappa shape index (κ1) is 12.5. The molecule has 0 aliphatic rings. The third kappa shape index (κ3) is 2.63. The van der Waals surface area contributed by atoms with Gasteiger partial charge in [0, 0.05) is 5.02 Å². The van der Waals surface area contributed by atoms with Crippen LogP contribution in [0.2, 0.25) is 5.02 Å². The molecular weight excluding hydrogens is 250 g/mol. The summed E-state index contributed by atoms with van der Waals surface area (Å²) in [5.41, 5.74) is 2.29. The standard InChI is InChI=1S/C13H12ClN3O/c1-18-13-5-3-10(14)6-9(13)2-4-11-12(7-15)17-8-16-11/h3,5-6,8H,2,4H2,1H3,(H,16,17). The van der Waals surface area contributed by atoms with Crippen molar-refractivity contribution in [3.05, 3.63) is 46.5 Å². The predicted molar refractivity (Wildman–Crippen MR) is 68.7 cm³/mol. The lowest BCUT2D eigenvalue weighted by atomic mass is 10.1. The Bertz CT molecular complexity index is 586. The molecule has 0 bridgehead atoms. The SMILES string of the molecule is COc1ccc(Cl)cc1CCc1[nH]cnc1C#N. The molecule has 1 N–H and O–H groups in total. The number of benzene rings is 1. The maximum Gasteiger partial charge on any atom is 0.161 e. The topological polar surface area (TPSA) is 61.7 Å². The van der Waals surface area contributed by atoms with Crippen LogP contribution in [-0.4, -0.2) is 17.1 Å². The lowest BCUT2D eigenvalue weighted by Gasteiger charge is -2.08. The number of hydrogen-bond acceptors (Lipinski definition) is 3. The summed E-state index contributed by atoms with van der Waals surface area (Å²) in [6.07, 6.45) is 2.96. The Kier molecular flexibility index (Phi) is 3.85. The summed E-state index contributed by atoms with van der Waals surface area (Å²) in [4.78, 5) is 6.90. The van der Waals surface area contributed by atoms with Crippen molar-refractivity contribution in [2.24, 2.45) is 0 Å². The van der Waals surface area contributed by atoms with Crippen molar-refractivity contribution in [1.82, 2.24) is 9.97 Å². The van der Waals surface area contributed by atoms with Crippen LogP contribution in [0, 0.1) is 11.3 Å². The Morgan fingerprint density at radius 3 is 3.00 bits per heavy atom. The Hall–Kier alpha value is -1.99. The van der Waals surface area contributed by atoms with Gasteiger partial charge >= 0.3 is 0 Å². The zero-order chi connectivity index (χ0) is 13.0. The molecule has 0 unspecified atom stereocenters. The molecule has 18 heavy (non-hydrogen) atoms. The fraction of sp³-hybridized carbons (Fsp3) is 0.231. The quantitative estimate of drug-likeness (QED) is 0.920. The fourth-order valence-corrected chi connectivity index (χ4v) is 2.00. The van der Waals surface area contributed by atoms with Gasteiger partial charge in [0.1, 0.15) is 11.8 Å². The summed E-state index contributed by atoms with van der Waals surface area (Å²) >= 11 is 5.96. The van der Waals surface area contributed by atoms with Gasteiger partial charge in [0.15, 0.2) is 5.69 Å². The van der Waals surface area contributed by atoms with Gasteiger partial charge in [0.25, 0.3) is 0 Å². The summed E-state index contributed by atoms with van der Waals surface area (Å²) < 4.78 is 5.28. The number of nitriles is 1. The van der Waals surface area contributed by atoms with Crippen LogP contribution in [0.15, 0.2) is 24.5 Å².